The van der Waals surface area contributed by atoms with E-state index in [0.717, 1.165) is 9.25 Å². The molecule has 4 N–H and O–H groups in total. The summed E-state index contributed by atoms with van der Waals surface area (Å²) < 4.78 is 1.90. The largest absolute Gasteiger partial charge is 0.493 e. The van der Waals surface area contributed by atoms with Gasteiger partial charge in [-0.25, -0.2) is 19.5 Å². The van der Waals surface area contributed by atoms with Crippen LogP contribution in [0.1, 0.15) is 21.5 Å². The Balaban J connectivity index is 1.94. The minimum Gasteiger partial charge on any atom is -0.493 e. The average molecular weight is 431 g/mol. The van der Waals surface area contributed by atoms with Gasteiger partial charge in [-0.05, 0) is 13.0 Å². The van der Waals surface area contributed by atoms with Crippen molar-refractivity contribution in [1.82, 2.24) is 34.3 Å². The first-order valence-electron chi connectivity index (χ1n) is 8.89. The van der Waals surface area contributed by atoms with Crippen LogP contribution in [0, 0.1) is 18.3 Å². The van der Waals surface area contributed by atoms with Gasteiger partial charge in [-0.3, -0.25) is 9.59 Å². The van der Waals surface area contributed by atoms with Crippen molar-refractivity contribution in [2.24, 2.45) is 16.0 Å². The van der Waals surface area contributed by atoms with Crippen LogP contribution in [0.4, 0.5) is 11.5 Å². The first kappa shape index (κ1) is 20.1. The highest BCUT2D eigenvalue weighted by molar-refractivity contribution is 5.97. The molecule has 4 heterocycles. The third-order valence-corrected chi connectivity index (χ3v) is 4.36. The van der Waals surface area contributed by atoms with Crippen LogP contribution in [-0.2, 0) is 0 Å². The number of aromatic amines is 1. The van der Waals surface area contributed by atoms with Crippen LogP contribution in [-0.4, -0.2) is 45.3 Å². The number of nitrogens with zero attached hydrogens (tertiary/aromatic N) is 9. The van der Waals surface area contributed by atoms with Gasteiger partial charge in [-0.15, -0.1) is 10.2 Å². The summed E-state index contributed by atoms with van der Waals surface area (Å²) in [5.74, 6) is -1.68. The van der Waals surface area contributed by atoms with Gasteiger partial charge in [0.2, 0.25) is 11.8 Å². The number of hydrogen-bond donors (Lipinski definition) is 3. The molecule has 14 heteroatoms. The number of nitrogens with one attached hydrogen (secondary N) is 1. The number of rotatable bonds is 5. The van der Waals surface area contributed by atoms with Gasteiger partial charge in [-0.1, -0.05) is 0 Å². The number of imidazole rings is 1. The van der Waals surface area contributed by atoms with Crippen LogP contribution in [0.3, 0.4) is 0 Å². The second-order valence-electron chi connectivity index (χ2n) is 6.24. The normalized spacial score (nSPS) is 11.0. The van der Waals surface area contributed by atoms with Crippen LogP contribution < -0.4 is 11.3 Å². The fourth-order valence-corrected chi connectivity index (χ4v) is 2.91. The fraction of sp³-hybridized carbons (Fsp3) is 0.0556. The van der Waals surface area contributed by atoms with Crippen LogP contribution in [0.5, 0.6) is 5.88 Å². The number of nitrogens with two attached hydrogens (primary N) is 1. The monoisotopic (exact) mass is 431 g/mol. The Morgan fingerprint density at radius 2 is 2.00 bits per heavy atom. The number of azo groups is 1. The zero-order valence-corrected chi connectivity index (χ0v) is 16.3. The lowest BCUT2D eigenvalue weighted by Gasteiger charge is -2.12. The molecule has 0 saturated carbocycles. The molecule has 0 radical (unpaired) electrons. The van der Waals surface area contributed by atoms with Crippen molar-refractivity contribution in [1.29, 1.82) is 5.26 Å². The highest BCUT2D eigenvalue weighted by Crippen LogP contribution is 2.29. The number of hydrogen-bond acceptors (Lipinski definition) is 10. The Morgan fingerprint density at radius 1 is 1.25 bits per heavy atom. The number of carbonyl (C=O) groups excluding carboxylic acids is 1. The van der Waals surface area contributed by atoms with Crippen molar-refractivity contribution in [3.05, 3.63) is 64.1 Å². The Morgan fingerprint density at radius 3 is 2.62 bits per heavy atom. The summed E-state index contributed by atoms with van der Waals surface area (Å²) in [6, 6.07) is 3.52. The van der Waals surface area contributed by atoms with Gasteiger partial charge >= 0.3 is 0 Å². The molecule has 0 aromatic carbocycles. The second kappa shape index (κ2) is 7.91. The van der Waals surface area contributed by atoms with Crippen molar-refractivity contribution in [3.8, 4) is 23.8 Å². The molecule has 0 fully saturated rings. The molecule has 0 spiro atoms. The number of carbonyl (C=O) groups is 1. The first-order chi connectivity index (χ1) is 15.4. The molecule has 4 aromatic heterocycles. The third-order valence-electron chi connectivity index (χ3n) is 4.36. The fourth-order valence-electron chi connectivity index (χ4n) is 2.91. The van der Waals surface area contributed by atoms with E-state index in [4.69, 9.17) is 5.73 Å². The molecule has 158 valence electrons. The minimum atomic E-state index is -0.989. The summed E-state index contributed by atoms with van der Waals surface area (Å²) >= 11 is 0. The molecule has 4 aromatic rings. The molecule has 4 rings (SSSR count). The average Bonchev–Trinajstić information content (AvgIpc) is 3.44. The van der Waals surface area contributed by atoms with Gasteiger partial charge in [0, 0.05) is 30.4 Å². The van der Waals surface area contributed by atoms with Crippen LogP contribution >= 0.6 is 0 Å². The van der Waals surface area contributed by atoms with Gasteiger partial charge < -0.3 is 15.8 Å². The highest BCUT2D eigenvalue weighted by Gasteiger charge is 2.25. The number of primary amides is 1. The summed E-state index contributed by atoms with van der Waals surface area (Å²) in [4.78, 5) is 39.7. The third kappa shape index (κ3) is 3.25. The standard InChI is InChI=1S/C18H13N11O3/c1-9-11(13(20)30)15(31)28(17-23-5-6-24-17)16(32)12(9)26-27-14-10(7-19)8-25-29(14)18-21-3-2-4-22-18/h2-6,8,31H,1H3,(H2,20,30)(H,23,24). The molecule has 0 bridgehead atoms. The Labute approximate surface area is 178 Å². The molecule has 32 heavy (non-hydrogen) atoms. The maximum Gasteiger partial charge on any atom is 0.288 e. The van der Waals surface area contributed by atoms with E-state index in [2.05, 4.69) is 35.3 Å². The van der Waals surface area contributed by atoms with E-state index >= 15 is 0 Å². The molecule has 0 aliphatic rings. The lowest BCUT2D eigenvalue weighted by molar-refractivity contribution is 0.0996. The van der Waals surface area contributed by atoms with Crippen molar-refractivity contribution in [2.45, 2.75) is 6.92 Å². The Kier molecular flexibility index (Phi) is 4.97. The summed E-state index contributed by atoms with van der Waals surface area (Å²) in [6.45, 7) is 1.38. The Hall–Kier alpha value is -5.19. The highest BCUT2D eigenvalue weighted by atomic mass is 16.3. The zero-order chi connectivity index (χ0) is 22.8. The van der Waals surface area contributed by atoms with E-state index in [1.54, 1.807) is 6.07 Å². The lowest BCUT2D eigenvalue weighted by Crippen LogP contribution is -2.25. The van der Waals surface area contributed by atoms with E-state index in [0.29, 0.717) is 0 Å². The van der Waals surface area contributed by atoms with E-state index in [1.165, 1.54) is 37.9 Å². The lowest BCUT2D eigenvalue weighted by atomic mass is 10.1. The second-order valence-corrected chi connectivity index (χ2v) is 6.24. The van der Waals surface area contributed by atoms with Crippen molar-refractivity contribution in [3.63, 3.8) is 0 Å². The maximum absolute atomic E-state index is 13.1. The van der Waals surface area contributed by atoms with Crippen LogP contribution in [0.25, 0.3) is 11.9 Å². The molecule has 0 saturated heterocycles. The van der Waals surface area contributed by atoms with E-state index in [-0.39, 0.29) is 40.1 Å². The number of H-pyrrole nitrogens is 1. The smallest absolute Gasteiger partial charge is 0.288 e. The summed E-state index contributed by atoms with van der Waals surface area (Å²) in [5.41, 5.74) is 3.96. The van der Waals surface area contributed by atoms with Crippen molar-refractivity contribution in [2.75, 3.05) is 0 Å². The minimum absolute atomic E-state index is 0.00732. The topological polar surface area (TPSA) is 206 Å². The maximum atomic E-state index is 13.1. The zero-order valence-electron chi connectivity index (χ0n) is 16.3. The number of nitriles is 1. The van der Waals surface area contributed by atoms with Crippen LogP contribution in [0.15, 0.2) is 52.1 Å². The van der Waals surface area contributed by atoms with Gasteiger partial charge in [-0.2, -0.15) is 15.0 Å². The SMILES string of the molecule is Cc1c(C(N)=O)c(O)n(-c2ncc[nH]2)c(=O)c1N=Nc1c(C#N)cnn1-c1ncccn1. The van der Waals surface area contributed by atoms with E-state index in [9.17, 15) is 20.0 Å². The van der Waals surface area contributed by atoms with E-state index in [1.807, 2.05) is 6.07 Å². The van der Waals surface area contributed by atoms with Crippen molar-refractivity contribution < 1.29 is 9.90 Å². The summed E-state index contributed by atoms with van der Waals surface area (Å²) in [7, 11) is 0. The molecule has 0 aliphatic carbocycles. The van der Waals surface area contributed by atoms with Gasteiger partial charge in [0.05, 0.1) is 6.20 Å². The van der Waals surface area contributed by atoms with Gasteiger partial charge in [0.1, 0.15) is 17.2 Å². The number of pyridine rings is 1. The Bertz CT molecular complexity index is 1440. The van der Waals surface area contributed by atoms with Crippen LogP contribution in [0.2, 0.25) is 0 Å². The molecular formula is C18H13N11O3. The van der Waals surface area contributed by atoms with E-state index < -0.39 is 17.3 Å². The number of amides is 1. The molecule has 0 unspecified atom stereocenters. The summed E-state index contributed by atoms with van der Waals surface area (Å²) in [6.07, 6.45) is 6.96. The predicted molar refractivity (Wildman–Crippen MR) is 107 cm³/mol. The molecule has 0 aliphatic heterocycles. The first-order valence-corrected chi connectivity index (χ1v) is 8.89. The van der Waals surface area contributed by atoms with Crippen molar-refractivity contribution >= 4 is 17.4 Å². The molecule has 0 atom stereocenters. The van der Waals surface area contributed by atoms with Gasteiger partial charge in [0.15, 0.2) is 11.5 Å². The quantitative estimate of drug-likeness (QED) is 0.386. The summed E-state index contributed by atoms with van der Waals surface area (Å²) in [5, 5.41) is 31.9. The molecule has 14 nitrogen and oxygen atoms in total. The molecule has 1 amide bonds. The molecular weight excluding hydrogens is 418 g/mol. The number of aromatic nitrogens is 7. The number of aromatic hydroxyl groups is 1. The van der Waals surface area contributed by atoms with Gasteiger partial charge in [0.25, 0.3) is 17.4 Å². The predicted octanol–water partition coefficient (Wildman–Crippen LogP) is 0.936.